The molecule has 0 aromatic rings. The summed E-state index contributed by atoms with van der Waals surface area (Å²) < 4.78 is 16.0. The summed E-state index contributed by atoms with van der Waals surface area (Å²) in [5, 5.41) is 46.3. The number of alkyl carbamates (subject to hydrolysis) is 1. The quantitative estimate of drug-likeness (QED) is 0.241. The highest BCUT2D eigenvalue weighted by molar-refractivity contribution is 5.67. The Morgan fingerprint density at radius 1 is 1.11 bits per heavy atom. The standard InChI is InChI=1S/C14H27N3O11/c1-7(11(28-17(22)23)8(2)27-16(20)21)3-4-15-14(19)26-10-6-25-12-9(18)5-24-13(10)12/h7-13,18,20-23H,3-6H2,1-2H3,(H,15,19)/t7?,8?,9-,10-,11?,12-,13-/m1/s1. The molecule has 0 aliphatic carbocycles. The Hall–Kier alpha value is -1.17. The SMILES string of the molecule is CC(CCNC(=O)O[C@@H]1CO[C@H]2[C@@H]1OC[C@H]2O)C(ON(O)O)C(C)ON(O)O. The highest BCUT2D eigenvalue weighted by Gasteiger charge is 2.49. The van der Waals surface area contributed by atoms with Crippen molar-refractivity contribution < 1.29 is 54.6 Å². The molecule has 0 aromatic heterocycles. The summed E-state index contributed by atoms with van der Waals surface area (Å²) in [5.41, 5.74) is 0. The smallest absolute Gasteiger partial charge is 0.407 e. The van der Waals surface area contributed by atoms with Crippen molar-refractivity contribution in [1.29, 1.82) is 0 Å². The van der Waals surface area contributed by atoms with E-state index in [4.69, 9.17) is 39.9 Å². The van der Waals surface area contributed by atoms with Crippen molar-refractivity contribution >= 4 is 6.09 Å². The number of ether oxygens (including phenoxy) is 3. The molecule has 28 heavy (non-hydrogen) atoms. The molecule has 1 amide bonds. The van der Waals surface area contributed by atoms with Gasteiger partial charge in [-0.3, -0.25) is 20.8 Å². The van der Waals surface area contributed by atoms with Gasteiger partial charge in [0.1, 0.15) is 30.5 Å². The van der Waals surface area contributed by atoms with E-state index in [0.717, 1.165) is 0 Å². The zero-order chi connectivity index (χ0) is 20.8. The van der Waals surface area contributed by atoms with Crippen LogP contribution in [0, 0.1) is 5.92 Å². The van der Waals surface area contributed by atoms with Gasteiger partial charge >= 0.3 is 6.09 Å². The summed E-state index contributed by atoms with van der Waals surface area (Å²) in [6, 6.07) is 0. The lowest BCUT2D eigenvalue weighted by Crippen LogP contribution is -2.42. The summed E-state index contributed by atoms with van der Waals surface area (Å²) in [4.78, 5) is 21.3. The fourth-order valence-electron chi connectivity index (χ4n) is 3.26. The van der Waals surface area contributed by atoms with Crippen LogP contribution in [0.5, 0.6) is 0 Å². The van der Waals surface area contributed by atoms with E-state index in [9.17, 15) is 9.90 Å². The lowest BCUT2D eigenvalue weighted by molar-refractivity contribution is -0.539. The molecule has 164 valence electrons. The van der Waals surface area contributed by atoms with Crippen LogP contribution < -0.4 is 5.32 Å². The van der Waals surface area contributed by atoms with E-state index in [2.05, 4.69) is 10.2 Å². The van der Waals surface area contributed by atoms with Gasteiger partial charge in [-0.15, -0.1) is 0 Å². The number of nitrogens with zero attached hydrogens (tertiary/aromatic N) is 2. The fraction of sp³-hybridized carbons (Fsp3) is 0.929. The Morgan fingerprint density at radius 3 is 2.39 bits per heavy atom. The average molecular weight is 413 g/mol. The van der Waals surface area contributed by atoms with Gasteiger partial charge < -0.3 is 24.6 Å². The van der Waals surface area contributed by atoms with E-state index in [-0.39, 0.29) is 19.8 Å². The minimum atomic E-state index is -0.994. The number of hydrogen-bond donors (Lipinski definition) is 6. The number of nitrogens with one attached hydrogen (secondary N) is 1. The molecule has 14 heteroatoms. The predicted molar refractivity (Wildman–Crippen MR) is 83.8 cm³/mol. The van der Waals surface area contributed by atoms with Crippen LogP contribution in [0.2, 0.25) is 0 Å². The summed E-state index contributed by atoms with van der Waals surface area (Å²) in [6.45, 7) is 3.49. The first-order chi connectivity index (χ1) is 13.2. The number of rotatable bonds is 10. The summed E-state index contributed by atoms with van der Waals surface area (Å²) >= 11 is 0. The Bertz CT molecular complexity index is 497. The van der Waals surface area contributed by atoms with Gasteiger partial charge in [0.25, 0.3) is 0 Å². The van der Waals surface area contributed by atoms with Crippen LogP contribution in [0.1, 0.15) is 20.3 Å². The molecule has 0 saturated carbocycles. The molecule has 0 radical (unpaired) electrons. The molecule has 2 saturated heterocycles. The Balaban J connectivity index is 1.74. The molecular weight excluding hydrogens is 386 g/mol. The lowest BCUT2D eigenvalue weighted by Gasteiger charge is -2.29. The number of aliphatic hydroxyl groups is 1. The summed E-state index contributed by atoms with van der Waals surface area (Å²) in [5.74, 6) is -0.412. The van der Waals surface area contributed by atoms with Crippen molar-refractivity contribution in [1.82, 2.24) is 16.1 Å². The third-order valence-corrected chi connectivity index (χ3v) is 4.61. The molecule has 0 spiro atoms. The van der Waals surface area contributed by atoms with Crippen LogP contribution in [0.25, 0.3) is 0 Å². The monoisotopic (exact) mass is 413 g/mol. The minimum absolute atomic E-state index is 0.127. The van der Waals surface area contributed by atoms with Crippen molar-refractivity contribution in [3.63, 3.8) is 0 Å². The minimum Gasteiger partial charge on any atom is -0.441 e. The first kappa shape index (κ1) is 23.1. The van der Waals surface area contributed by atoms with Crippen molar-refractivity contribution in [2.75, 3.05) is 19.8 Å². The molecule has 6 N–H and O–H groups in total. The Morgan fingerprint density at radius 2 is 1.75 bits per heavy atom. The van der Waals surface area contributed by atoms with E-state index >= 15 is 0 Å². The van der Waals surface area contributed by atoms with Gasteiger partial charge in [0, 0.05) is 6.54 Å². The molecule has 3 unspecified atom stereocenters. The van der Waals surface area contributed by atoms with Gasteiger partial charge in [0.2, 0.25) is 0 Å². The Kier molecular flexibility index (Phi) is 8.72. The number of aliphatic hydroxyl groups excluding tert-OH is 1. The van der Waals surface area contributed by atoms with Crippen LogP contribution in [-0.2, 0) is 23.9 Å². The van der Waals surface area contributed by atoms with Crippen LogP contribution in [0.15, 0.2) is 0 Å². The zero-order valence-corrected chi connectivity index (χ0v) is 15.4. The van der Waals surface area contributed by atoms with Gasteiger partial charge in [0.15, 0.2) is 6.10 Å². The fourth-order valence-corrected chi connectivity index (χ4v) is 3.26. The highest BCUT2D eigenvalue weighted by atomic mass is 17.1. The van der Waals surface area contributed by atoms with Gasteiger partial charge in [-0.2, -0.15) is 0 Å². The lowest BCUT2D eigenvalue weighted by atomic mass is 9.97. The predicted octanol–water partition coefficient (Wildman–Crippen LogP) is -0.953. The number of fused-ring (bicyclic) bond motifs is 1. The second-order valence-corrected chi connectivity index (χ2v) is 6.69. The maximum absolute atomic E-state index is 12.0. The van der Waals surface area contributed by atoms with E-state index in [1.807, 2.05) is 0 Å². The maximum Gasteiger partial charge on any atom is 0.407 e. The highest BCUT2D eigenvalue weighted by Crippen LogP contribution is 2.28. The third-order valence-electron chi connectivity index (χ3n) is 4.61. The molecule has 2 heterocycles. The van der Waals surface area contributed by atoms with Crippen molar-refractivity contribution in [2.24, 2.45) is 5.92 Å². The van der Waals surface area contributed by atoms with Crippen LogP contribution in [0.3, 0.4) is 0 Å². The van der Waals surface area contributed by atoms with E-state index in [0.29, 0.717) is 6.42 Å². The number of amides is 1. The van der Waals surface area contributed by atoms with Gasteiger partial charge in [-0.25, -0.2) is 14.5 Å². The number of carbonyl (C=O) groups is 1. The zero-order valence-electron chi connectivity index (χ0n) is 15.4. The van der Waals surface area contributed by atoms with Gasteiger partial charge in [-0.05, 0) is 19.3 Å². The second kappa shape index (κ2) is 10.6. The molecule has 2 aliphatic rings. The maximum atomic E-state index is 12.0. The van der Waals surface area contributed by atoms with Crippen molar-refractivity contribution in [2.45, 2.75) is 56.9 Å². The molecule has 0 aromatic carbocycles. The van der Waals surface area contributed by atoms with E-state index < -0.39 is 59.4 Å². The molecule has 7 atom stereocenters. The first-order valence-corrected chi connectivity index (χ1v) is 8.74. The van der Waals surface area contributed by atoms with Gasteiger partial charge in [-0.1, -0.05) is 6.92 Å². The van der Waals surface area contributed by atoms with E-state index in [1.54, 1.807) is 6.92 Å². The third kappa shape index (κ3) is 6.43. The first-order valence-electron chi connectivity index (χ1n) is 8.74. The summed E-state index contributed by atoms with van der Waals surface area (Å²) in [7, 11) is 0. The largest absolute Gasteiger partial charge is 0.441 e. The molecular formula is C14H27N3O11. The molecule has 2 fully saturated rings. The van der Waals surface area contributed by atoms with Crippen LogP contribution in [-0.4, -0.2) is 99.2 Å². The van der Waals surface area contributed by atoms with E-state index in [1.165, 1.54) is 6.92 Å². The van der Waals surface area contributed by atoms with Crippen molar-refractivity contribution in [3.05, 3.63) is 0 Å². The van der Waals surface area contributed by atoms with Crippen LogP contribution in [0.4, 0.5) is 4.79 Å². The number of hydrogen-bond acceptors (Lipinski definition) is 13. The Labute approximate surface area is 160 Å². The van der Waals surface area contributed by atoms with Gasteiger partial charge in [0.05, 0.1) is 24.0 Å². The molecule has 14 nitrogen and oxygen atoms in total. The molecule has 2 aliphatic heterocycles. The number of carbonyl (C=O) groups excluding carboxylic acids is 1. The van der Waals surface area contributed by atoms with Crippen molar-refractivity contribution in [3.8, 4) is 0 Å². The molecule has 2 rings (SSSR count). The summed E-state index contributed by atoms with van der Waals surface area (Å²) in [6.07, 6.45) is -4.73. The topological polar surface area (TPSA) is 183 Å². The second-order valence-electron chi connectivity index (χ2n) is 6.69. The van der Waals surface area contributed by atoms with Crippen LogP contribution >= 0.6 is 0 Å². The average Bonchev–Trinajstić information content (AvgIpc) is 3.15. The molecule has 0 bridgehead atoms. The normalized spacial score (nSPS) is 30.3.